The maximum atomic E-state index is 11.6. The summed E-state index contributed by atoms with van der Waals surface area (Å²) in [5, 5.41) is 7.83. The number of aromatic nitrogens is 1. The number of esters is 1. The monoisotopic (exact) mass is 524 g/mol. The van der Waals surface area contributed by atoms with Crippen LogP contribution >= 0.6 is 35.3 Å². The van der Waals surface area contributed by atoms with Gasteiger partial charge in [0.15, 0.2) is 5.96 Å². The molecule has 0 saturated heterocycles. The van der Waals surface area contributed by atoms with E-state index in [9.17, 15) is 4.79 Å². The molecule has 8 heteroatoms. The van der Waals surface area contributed by atoms with Crippen LogP contribution in [0.2, 0.25) is 0 Å². The Morgan fingerprint density at radius 1 is 1.18 bits per heavy atom. The minimum Gasteiger partial charge on any atom is -0.460 e. The van der Waals surface area contributed by atoms with E-state index in [1.54, 1.807) is 18.4 Å². The molecule has 0 fully saturated rings. The second kappa shape index (κ2) is 15.0. The molecule has 0 atom stereocenters. The summed E-state index contributed by atoms with van der Waals surface area (Å²) in [4.78, 5) is 21.6. The van der Waals surface area contributed by atoms with E-state index >= 15 is 0 Å². The SMILES string of the molecule is CCc1cnc(CCNC(=NC)NCCCCCCC(=O)OC(C)(C)C)s1.I. The van der Waals surface area contributed by atoms with Gasteiger partial charge < -0.3 is 15.4 Å². The molecule has 0 unspecified atom stereocenters. The highest BCUT2D eigenvalue weighted by atomic mass is 127. The van der Waals surface area contributed by atoms with Gasteiger partial charge in [0.1, 0.15) is 5.60 Å². The smallest absolute Gasteiger partial charge is 0.306 e. The molecule has 0 aliphatic carbocycles. The van der Waals surface area contributed by atoms with Crippen molar-refractivity contribution in [2.45, 2.75) is 78.2 Å². The molecule has 1 aromatic heterocycles. The van der Waals surface area contributed by atoms with Gasteiger partial charge in [-0.3, -0.25) is 9.79 Å². The fourth-order valence-corrected chi connectivity index (χ4v) is 3.34. The Bertz CT molecular complexity index is 585. The van der Waals surface area contributed by atoms with Gasteiger partial charge >= 0.3 is 5.97 Å². The molecule has 28 heavy (non-hydrogen) atoms. The third-order valence-corrected chi connectivity index (χ3v) is 5.03. The van der Waals surface area contributed by atoms with Gasteiger partial charge in [0, 0.05) is 44.1 Å². The molecular weight excluding hydrogens is 487 g/mol. The van der Waals surface area contributed by atoms with E-state index in [2.05, 4.69) is 27.5 Å². The molecule has 0 spiro atoms. The van der Waals surface area contributed by atoms with Crippen molar-refractivity contribution < 1.29 is 9.53 Å². The number of carbonyl (C=O) groups is 1. The van der Waals surface area contributed by atoms with Crippen LogP contribution in [0, 0.1) is 0 Å². The van der Waals surface area contributed by atoms with E-state index in [0.717, 1.165) is 57.6 Å². The van der Waals surface area contributed by atoms with Gasteiger partial charge in [-0.2, -0.15) is 0 Å². The molecule has 162 valence electrons. The first-order valence-electron chi connectivity index (χ1n) is 9.94. The molecule has 1 aromatic rings. The van der Waals surface area contributed by atoms with E-state index in [1.807, 2.05) is 27.0 Å². The van der Waals surface area contributed by atoms with E-state index < -0.39 is 0 Å². The molecule has 0 radical (unpaired) electrons. The summed E-state index contributed by atoms with van der Waals surface area (Å²) in [5.74, 6) is 0.729. The molecule has 1 rings (SSSR count). The summed E-state index contributed by atoms with van der Waals surface area (Å²) in [7, 11) is 1.79. The van der Waals surface area contributed by atoms with Crippen LogP contribution in [-0.4, -0.2) is 42.7 Å². The summed E-state index contributed by atoms with van der Waals surface area (Å²) in [5.41, 5.74) is -0.387. The Morgan fingerprint density at radius 2 is 1.86 bits per heavy atom. The molecule has 0 aliphatic heterocycles. The van der Waals surface area contributed by atoms with Gasteiger partial charge in [0.25, 0.3) is 0 Å². The van der Waals surface area contributed by atoms with Crippen LogP contribution in [0.4, 0.5) is 0 Å². The zero-order valence-corrected chi connectivity index (χ0v) is 21.1. The lowest BCUT2D eigenvalue weighted by atomic mass is 10.1. The van der Waals surface area contributed by atoms with Crippen LogP contribution in [0.5, 0.6) is 0 Å². The maximum absolute atomic E-state index is 11.6. The fourth-order valence-electron chi connectivity index (χ4n) is 2.48. The first-order chi connectivity index (χ1) is 12.8. The van der Waals surface area contributed by atoms with Crippen molar-refractivity contribution >= 4 is 47.2 Å². The first kappa shape index (κ1) is 27.1. The summed E-state index contributed by atoms with van der Waals surface area (Å²) < 4.78 is 5.31. The van der Waals surface area contributed by atoms with Crippen molar-refractivity contribution in [3.63, 3.8) is 0 Å². The number of hydrogen-bond donors (Lipinski definition) is 2. The fraction of sp³-hybridized carbons (Fsp3) is 0.750. The minimum atomic E-state index is -0.387. The van der Waals surface area contributed by atoms with E-state index in [-0.39, 0.29) is 35.5 Å². The number of nitrogens with one attached hydrogen (secondary N) is 2. The maximum Gasteiger partial charge on any atom is 0.306 e. The molecule has 0 aliphatic rings. The molecule has 0 saturated carbocycles. The Balaban J connectivity index is 0.00000729. The Morgan fingerprint density at radius 3 is 2.46 bits per heavy atom. The van der Waals surface area contributed by atoms with Crippen LogP contribution < -0.4 is 10.6 Å². The van der Waals surface area contributed by atoms with Crippen LogP contribution in [0.1, 0.15) is 69.7 Å². The second-order valence-electron chi connectivity index (χ2n) is 7.50. The Kier molecular flexibility index (Phi) is 14.5. The minimum absolute atomic E-state index is 0. The lowest BCUT2D eigenvalue weighted by Gasteiger charge is -2.19. The van der Waals surface area contributed by atoms with Gasteiger partial charge in [-0.05, 0) is 40.0 Å². The van der Waals surface area contributed by atoms with E-state index in [0.29, 0.717) is 6.42 Å². The van der Waals surface area contributed by atoms with Crippen molar-refractivity contribution in [2.24, 2.45) is 4.99 Å². The number of unbranched alkanes of at least 4 members (excludes halogenated alkanes) is 3. The zero-order valence-electron chi connectivity index (χ0n) is 18.0. The number of aliphatic imine (C=N–C) groups is 1. The third-order valence-electron chi connectivity index (χ3n) is 3.82. The van der Waals surface area contributed by atoms with Gasteiger partial charge in [-0.25, -0.2) is 4.98 Å². The van der Waals surface area contributed by atoms with Gasteiger partial charge in [0.2, 0.25) is 0 Å². The highest BCUT2D eigenvalue weighted by Crippen LogP contribution is 2.13. The molecular formula is C20H37IN4O2S. The summed E-state index contributed by atoms with van der Waals surface area (Å²) in [6.45, 7) is 9.55. The van der Waals surface area contributed by atoms with Crippen molar-refractivity contribution in [1.29, 1.82) is 0 Å². The number of rotatable bonds is 11. The van der Waals surface area contributed by atoms with Crippen LogP contribution in [-0.2, 0) is 22.4 Å². The summed E-state index contributed by atoms with van der Waals surface area (Å²) in [6, 6.07) is 0. The number of hydrogen-bond acceptors (Lipinski definition) is 5. The summed E-state index contributed by atoms with van der Waals surface area (Å²) in [6.07, 6.45) is 8.50. The number of ether oxygens (including phenoxy) is 1. The molecule has 6 nitrogen and oxygen atoms in total. The van der Waals surface area contributed by atoms with Gasteiger partial charge in [-0.15, -0.1) is 35.3 Å². The average Bonchev–Trinajstić information content (AvgIpc) is 3.05. The number of halogens is 1. The topological polar surface area (TPSA) is 75.6 Å². The second-order valence-corrected chi connectivity index (χ2v) is 8.70. The predicted molar refractivity (Wildman–Crippen MR) is 129 cm³/mol. The third kappa shape index (κ3) is 13.3. The molecule has 0 bridgehead atoms. The average molecular weight is 525 g/mol. The van der Waals surface area contributed by atoms with Gasteiger partial charge in [0.05, 0.1) is 5.01 Å². The lowest BCUT2D eigenvalue weighted by Crippen LogP contribution is -2.38. The number of aryl methyl sites for hydroxylation is 1. The van der Waals surface area contributed by atoms with Crippen molar-refractivity contribution in [3.05, 3.63) is 16.1 Å². The number of guanidine groups is 1. The summed E-state index contributed by atoms with van der Waals surface area (Å²) >= 11 is 1.78. The Labute approximate surface area is 191 Å². The van der Waals surface area contributed by atoms with Crippen molar-refractivity contribution in [1.82, 2.24) is 15.6 Å². The van der Waals surface area contributed by atoms with Crippen molar-refractivity contribution in [2.75, 3.05) is 20.1 Å². The Hall–Kier alpha value is -0.900. The standard InChI is InChI=1S/C20H36N4O2S.HI/c1-6-16-15-24-17(27-16)12-14-23-19(21-5)22-13-10-8-7-9-11-18(25)26-20(2,3)4;/h15H,6-14H2,1-5H3,(H2,21,22,23);1H. The lowest BCUT2D eigenvalue weighted by molar-refractivity contribution is -0.154. The molecule has 1 heterocycles. The van der Waals surface area contributed by atoms with Crippen LogP contribution in [0.3, 0.4) is 0 Å². The molecule has 0 aromatic carbocycles. The van der Waals surface area contributed by atoms with Crippen LogP contribution in [0.25, 0.3) is 0 Å². The van der Waals surface area contributed by atoms with E-state index in [1.165, 1.54) is 9.88 Å². The highest BCUT2D eigenvalue weighted by molar-refractivity contribution is 14.0. The van der Waals surface area contributed by atoms with Crippen LogP contribution in [0.15, 0.2) is 11.2 Å². The van der Waals surface area contributed by atoms with E-state index in [4.69, 9.17) is 4.74 Å². The highest BCUT2D eigenvalue weighted by Gasteiger charge is 2.15. The number of thiazole rings is 1. The predicted octanol–water partition coefficient (Wildman–Crippen LogP) is 4.32. The normalized spacial score (nSPS) is 11.7. The molecule has 2 N–H and O–H groups in total. The zero-order chi connectivity index (χ0) is 20.1. The number of carbonyl (C=O) groups excluding carboxylic acids is 1. The molecule has 0 amide bonds. The number of nitrogens with zero attached hydrogens (tertiary/aromatic N) is 2. The van der Waals surface area contributed by atoms with Crippen molar-refractivity contribution in [3.8, 4) is 0 Å². The largest absolute Gasteiger partial charge is 0.460 e. The van der Waals surface area contributed by atoms with Gasteiger partial charge in [-0.1, -0.05) is 19.8 Å². The quantitative estimate of drug-likeness (QED) is 0.148. The first-order valence-corrected chi connectivity index (χ1v) is 10.8.